The lowest BCUT2D eigenvalue weighted by atomic mass is 10.0. The number of likely N-dealkylation sites (N-methyl/N-ethyl adjacent to an activating group) is 1. The summed E-state index contributed by atoms with van der Waals surface area (Å²) in [6.07, 6.45) is 73.3. The number of phosphoric acid groups is 1. The van der Waals surface area contributed by atoms with Crippen molar-refractivity contribution in [3.8, 4) is 0 Å². The lowest BCUT2D eigenvalue weighted by Gasteiger charge is -2.27. The molecule has 0 fully saturated rings. The molecule has 0 radical (unpaired) electrons. The lowest BCUT2D eigenvalue weighted by molar-refractivity contribution is -0.870. The molecule has 0 aliphatic heterocycles. The number of allylic oxidation sites excluding steroid dienone is 11. The molecule has 0 aromatic heterocycles. The first-order valence-electron chi connectivity index (χ1n) is 32.3. The number of amides is 1. The molecule has 77 heavy (non-hydrogen) atoms. The molecule has 448 valence electrons. The fourth-order valence-corrected chi connectivity index (χ4v) is 9.90. The van der Waals surface area contributed by atoms with E-state index in [1.165, 1.54) is 161 Å². The zero-order valence-corrected chi connectivity index (χ0v) is 52.1. The van der Waals surface area contributed by atoms with E-state index in [1.807, 2.05) is 33.3 Å². The van der Waals surface area contributed by atoms with Gasteiger partial charge < -0.3 is 19.4 Å². The van der Waals surface area contributed by atoms with Crippen LogP contribution >= 0.6 is 7.82 Å². The number of nitrogens with one attached hydrogen (secondary N) is 1. The van der Waals surface area contributed by atoms with Crippen LogP contribution in [0.1, 0.15) is 290 Å². The van der Waals surface area contributed by atoms with Crippen molar-refractivity contribution in [1.82, 2.24) is 5.32 Å². The Morgan fingerprint density at radius 1 is 0.468 bits per heavy atom. The van der Waals surface area contributed by atoms with Gasteiger partial charge in [0.05, 0.1) is 33.8 Å². The SMILES string of the molecule is CC/C=C/C/C=C/CCCCCCCCCC(=O)OC(/C=C\CCCCCCCCCCCC)C(COP(=O)(O)OCC[N+](C)(C)C)NC(=O)CCCCCCCCCCCCCC/C=C\C/C=C\C/C=C\CCCCC. The van der Waals surface area contributed by atoms with Crippen LogP contribution in [-0.2, 0) is 27.9 Å². The number of carbonyl (C=O) groups is 2. The van der Waals surface area contributed by atoms with Crippen LogP contribution in [0.5, 0.6) is 0 Å². The van der Waals surface area contributed by atoms with Crippen molar-refractivity contribution in [3.05, 3.63) is 72.9 Å². The second kappa shape index (κ2) is 56.7. The van der Waals surface area contributed by atoms with E-state index in [1.54, 1.807) is 0 Å². The van der Waals surface area contributed by atoms with Crippen LogP contribution in [0.3, 0.4) is 0 Å². The number of quaternary nitrogens is 1. The molecule has 0 spiro atoms. The highest BCUT2D eigenvalue weighted by Gasteiger charge is 2.30. The first-order valence-corrected chi connectivity index (χ1v) is 33.8. The molecule has 0 saturated heterocycles. The number of hydrogen-bond acceptors (Lipinski definition) is 6. The number of esters is 1. The predicted molar refractivity (Wildman–Crippen MR) is 332 cm³/mol. The van der Waals surface area contributed by atoms with Crippen molar-refractivity contribution in [1.29, 1.82) is 0 Å². The molecule has 3 unspecified atom stereocenters. The van der Waals surface area contributed by atoms with Gasteiger partial charge in [-0.05, 0) is 96.0 Å². The summed E-state index contributed by atoms with van der Waals surface area (Å²) in [5, 5.41) is 3.06. The summed E-state index contributed by atoms with van der Waals surface area (Å²) in [4.78, 5) is 37.7. The summed E-state index contributed by atoms with van der Waals surface area (Å²) >= 11 is 0. The van der Waals surface area contributed by atoms with Gasteiger partial charge in [-0.25, -0.2) is 4.57 Å². The maximum absolute atomic E-state index is 13.6. The van der Waals surface area contributed by atoms with E-state index in [0.717, 1.165) is 96.3 Å². The smallest absolute Gasteiger partial charge is 0.456 e. The minimum atomic E-state index is -4.45. The number of hydrogen-bond donors (Lipinski definition) is 2. The van der Waals surface area contributed by atoms with Crippen molar-refractivity contribution < 1.29 is 37.3 Å². The van der Waals surface area contributed by atoms with Gasteiger partial charge in [0.25, 0.3) is 0 Å². The van der Waals surface area contributed by atoms with E-state index in [0.29, 0.717) is 17.4 Å². The largest absolute Gasteiger partial charge is 0.472 e. The average Bonchev–Trinajstić information content (AvgIpc) is 3.39. The van der Waals surface area contributed by atoms with Crippen LogP contribution in [0.25, 0.3) is 0 Å². The first-order chi connectivity index (χ1) is 37.4. The Kier molecular flexibility index (Phi) is 54.8. The van der Waals surface area contributed by atoms with Crippen LogP contribution < -0.4 is 5.32 Å². The van der Waals surface area contributed by atoms with Gasteiger partial charge in [-0.1, -0.05) is 255 Å². The molecule has 0 bridgehead atoms. The van der Waals surface area contributed by atoms with Gasteiger partial charge in [-0.2, -0.15) is 0 Å². The third kappa shape index (κ3) is 57.9. The quantitative estimate of drug-likeness (QED) is 0.0205. The van der Waals surface area contributed by atoms with Crippen LogP contribution in [0.2, 0.25) is 0 Å². The molecule has 9 nitrogen and oxygen atoms in total. The molecule has 10 heteroatoms. The van der Waals surface area contributed by atoms with E-state index >= 15 is 0 Å². The molecule has 0 heterocycles. The zero-order chi connectivity index (χ0) is 56.4. The second-order valence-electron chi connectivity index (χ2n) is 22.9. The van der Waals surface area contributed by atoms with E-state index < -0.39 is 20.0 Å². The molecule has 0 aliphatic rings. The summed E-state index contributed by atoms with van der Waals surface area (Å²) in [6.45, 7) is 6.89. The van der Waals surface area contributed by atoms with Crippen molar-refractivity contribution in [2.24, 2.45) is 0 Å². The molecule has 0 saturated carbocycles. The highest BCUT2D eigenvalue weighted by molar-refractivity contribution is 7.47. The molecule has 0 rings (SSSR count). The van der Waals surface area contributed by atoms with Gasteiger partial charge in [-0.3, -0.25) is 18.6 Å². The second-order valence-corrected chi connectivity index (χ2v) is 24.4. The predicted octanol–water partition coefficient (Wildman–Crippen LogP) is 20.0. The van der Waals surface area contributed by atoms with E-state index in [9.17, 15) is 19.0 Å². The van der Waals surface area contributed by atoms with E-state index in [2.05, 4.69) is 86.8 Å². The molecular weight excluding hydrogens is 976 g/mol. The Labute approximate surface area is 476 Å². The summed E-state index contributed by atoms with van der Waals surface area (Å²) in [5.74, 6) is -0.513. The standard InChI is InChI=1S/C67H123N2O7P/c1-7-10-13-16-19-22-25-28-30-31-32-33-34-35-36-37-38-39-40-41-44-47-50-53-56-59-66(70)68-64(63-75-77(72,73)74-62-61-69(4,5)6)65(58-55-52-49-46-43-27-24-21-18-15-12-9-3)76-67(71)60-57-54-51-48-45-42-29-26-23-20-17-14-11-8-2/h11,14,19-20,22-23,28,30,32-33,55,58,64-65H,7-10,12-13,15-18,21,24-27,29,31,34-54,56-57,59-63H2,1-6H3,(H-,68,70,72,73)/p+1/b14-11+,22-19-,23-20+,30-28-,33-32-,58-55-. The summed E-state index contributed by atoms with van der Waals surface area (Å²) in [5.41, 5.74) is 0. The number of carbonyl (C=O) groups excluding carboxylic acids is 2. The van der Waals surface area contributed by atoms with Crippen molar-refractivity contribution in [3.63, 3.8) is 0 Å². The topological polar surface area (TPSA) is 111 Å². The van der Waals surface area contributed by atoms with E-state index in [-0.39, 0.29) is 31.5 Å². The monoisotopic (exact) mass is 1100 g/mol. The minimum Gasteiger partial charge on any atom is -0.456 e. The Hall–Kier alpha value is -2.55. The Morgan fingerprint density at radius 2 is 0.831 bits per heavy atom. The third-order valence-corrected chi connectivity index (χ3v) is 15.1. The van der Waals surface area contributed by atoms with Gasteiger partial charge in [0.15, 0.2) is 0 Å². The van der Waals surface area contributed by atoms with E-state index in [4.69, 9.17) is 13.8 Å². The van der Waals surface area contributed by atoms with Crippen molar-refractivity contribution in [2.45, 2.75) is 303 Å². The fourth-order valence-electron chi connectivity index (χ4n) is 9.16. The Balaban J connectivity index is 5.11. The summed E-state index contributed by atoms with van der Waals surface area (Å²) in [6, 6.07) is -0.854. The maximum atomic E-state index is 13.6. The number of phosphoric ester groups is 1. The maximum Gasteiger partial charge on any atom is 0.472 e. The molecule has 3 atom stereocenters. The number of ether oxygens (including phenoxy) is 1. The number of rotatable bonds is 58. The van der Waals surface area contributed by atoms with Gasteiger partial charge in [0.1, 0.15) is 19.3 Å². The lowest BCUT2D eigenvalue weighted by Crippen LogP contribution is -2.47. The summed E-state index contributed by atoms with van der Waals surface area (Å²) < 4.78 is 30.7. The molecule has 2 N–H and O–H groups in total. The number of nitrogens with zero attached hydrogens (tertiary/aromatic N) is 1. The van der Waals surface area contributed by atoms with Crippen LogP contribution in [0.15, 0.2) is 72.9 Å². The molecular formula is C67H124N2O7P+. The van der Waals surface area contributed by atoms with Crippen LogP contribution in [0, 0.1) is 0 Å². The third-order valence-electron chi connectivity index (χ3n) is 14.1. The molecule has 0 aromatic rings. The van der Waals surface area contributed by atoms with Gasteiger partial charge in [0.2, 0.25) is 5.91 Å². The first kappa shape index (κ1) is 74.5. The van der Waals surface area contributed by atoms with Crippen LogP contribution in [0.4, 0.5) is 0 Å². The highest BCUT2D eigenvalue weighted by atomic mass is 31.2. The van der Waals surface area contributed by atoms with Gasteiger partial charge >= 0.3 is 13.8 Å². The fraction of sp³-hybridized carbons (Fsp3) is 0.791. The van der Waals surface area contributed by atoms with Crippen LogP contribution in [-0.4, -0.2) is 74.3 Å². The van der Waals surface area contributed by atoms with Crippen molar-refractivity contribution in [2.75, 3.05) is 40.9 Å². The Morgan fingerprint density at radius 3 is 1.27 bits per heavy atom. The Bertz CT molecular complexity index is 1550. The van der Waals surface area contributed by atoms with Gasteiger partial charge in [0, 0.05) is 12.8 Å². The minimum absolute atomic E-state index is 0.0369. The van der Waals surface area contributed by atoms with Crippen molar-refractivity contribution >= 4 is 19.7 Å². The normalized spacial score (nSPS) is 14.1. The average molecular weight is 1100 g/mol. The number of unbranched alkanes of at least 4 members (excludes halogenated alkanes) is 32. The zero-order valence-electron chi connectivity index (χ0n) is 51.2. The van der Waals surface area contributed by atoms with Gasteiger partial charge in [-0.15, -0.1) is 0 Å². The molecule has 0 aromatic carbocycles. The molecule has 1 amide bonds. The summed E-state index contributed by atoms with van der Waals surface area (Å²) in [7, 11) is 1.49. The molecule has 0 aliphatic carbocycles. The highest BCUT2D eigenvalue weighted by Crippen LogP contribution is 2.43.